The lowest BCUT2D eigenvalue weighted by Gasteiger charge is -2.26. The summed E-state index contributed by atoms with van der Waals surface area (Å²) in [5.74, 6) is -4.09. The van der Waals surface area contributed by atoms with E-state index in [9.17, 15) is 13.2 Å². The molecule has 0 aromatic heterocycles. The van der Waals surface area contributed by atoms with Crippen LogP contribution in [0.25, 0.3) is 0 Å². The zero-order valence-electron chi connectivity index (χ0n) is 8.23. The summed E-state index contributed by atoms with van der Waals surface area (Å²) < 4.78 is 38.9. The van der Waals surface area contributed by atoms with Crippen molar-refractivity contribution in [3.05, 3.63) is 35.1 Å². The number of hydrogen-bond donors (Lipinski definition) is 2. The van der Waals surface area contributed by atoms with Gasteiger partial charge in [0.25, 0.3) is 0 Å². The summed E-state index contributed by atoms with van der Waals surface area (Å²) in [7, 11) is 0. The van der Waals surface area contributed by atoms with E-state index >= 15 is 0 Å². The Morgan fingerprint density at radius 2 is 1.87 bits per heavy atom. The number of nitrogens with two attached hydrogens (primary N) is 1. The lowest BCUT2D eigenvalue weighted by Crippen LogP contribution is -2.36. The third-order valence-electron chi connectivity index (χ3n) is 2.48. The van der Waals surface area contributed by atoms with Crippen molar-refractivity contribution in [2.24, 2.45) is 5.73 Å². The maximum Gasteiger partial charge on any atom is 0.194 e. The summed E-state index contributed by atoms with van der Waals surface area (Å²) in [5.41, 5.74) is 4.15. The van der Waals surface area contributed by atoms with Crippen molar-refractivity contribution in [1.29, 1.82) is 0 Å². The Balaban J connectivity index is 3.32. The molecule has 0 heterocycles. The number of hydrogen-bond acceptors (Lipinski definition) is 2. The molecular weight excluding hydrogens is 207 g/mol. The zero-order valence-corrected chi connectivity index (χ0v) is 8.23. The Labute approximate surface area is 85.5 Å². The quantitative estimate of drug-likeness (QED) is 0.753. The van der Waals surface area contributed by atoms with Crippen LogP contribution in [0.2, 0.25) is 0 Å². The normalized spacial score (nSPS) is 15.1. The van der Waals surface area contributed by atoms with E-state index in [0.29, 0.717) is 0 Å². The van der Waals surface area contributed by atoms with Crippen molar-refractivity contribution >= 4 is 0 Å². The van der Waals surface area contributed by atoms with Crippen molar-refractivity contribution in [3.63, 3.8) is 0 Å². The Morgan fingerprint density at radius 1 is 1.27 bits per heavy atom. The molecule has 0 spiro atoms. The minimum atomic E-state index is -1.54. The average molecular weight is 219 g/mol. The van der Waals surface area contributed by atoms with E-state index in [1.165, 1.54) is 6.92 Å². The molecule has 0 fully saturated rings. The van der Waals surface area contributed by atoms with Gasteiger partial charge in [-0.3, -0.25) is 0 Å². The molecule has 0 radical (unpaired) electrons. The standard InChI is InChI=1S/C10H12F3NO/c1-10(4-14,5-15)6-2-3-7(11)9(13)8(6)12/h2-3,15H,4-5,14H2,1H3. The fourth-order valence-corrected chi connectivity index (χ4v) is 1.25. The summed E-state index contributed by atoms with van der Waals surface area (Å²) in [5, 5.41) is 9.06. The van der Waals surface area contributed by atoms with Crippen LogP contribution in [-0.4, -0.2) is 18.3 Å². The first kappa shape index (κ1) is 12.0. The first-order chi connectivity index (χ1) is 6.96. The van der Waals surface area contributed by atoms with Crippen LogP contribution < -0.4 is 5.73 Å². The van der Waals surface area contributed by atoms with Gasteiger partial charge in [0.05, 0.1) is 6.61 Å². The fraction of sp³-hybridized carbons (Fsp3) is 0.400. The van der Waals surface area contributed by atoms with E-state index < -0.39 is 29.5 Å². The van der Waals surface area contributed by atoms with E-state index in [1.807, 2.05) is 0 Å². The topological polar surface area (TPSA) is 46.2 Å². The van der Waals surface area contributed by atoms with Gasteiger partial charge >= 0.3 is 0 Å². The highest BCUT2D eigenvalue weighted by Gasteiger charge is 2.29. The van der Waals surface area contributed by atoms with Crippen LogP contribution in [0, 0.1) is 17.5 Å². The molecule has 2 nitrogen and oxygen atoms in total. The van der Waals surface area contributed by atoms with E-state index in [2.05, 4.69) is 0 Å². The first-order valence-electron chi connectivity index (χ1n) is 4.41. The molecule has 0 saturated heterocycles. The Morgan fingerprint density at radius 3 is 2.33 bits per heavy atom. The molecule has 1 unspecified atom stereocenters. The van der Waals surface area contributed by atoms with E-state index in [4.69, 9.17) is 10.8 Å². The molecule has 1 aromatic rings. The van der Waals surface area contributed by atoms with Gasteiger partial charge < -0.3 is 10.8 Å². The second-order valence-electron chi connectivity index (χ2n) is 3.65. The lowest BCUT2D eigenvalue weighted by atomic mass is 9.83. The van der Waals surface area contributed by atoms with Crippen molar-refractivity contribution in [1.82, 2.24) is 0 Å². The highest BCUT2D eigenvalue weighted by Crippen LogP contribution is 2.27. The average Bonchev–Trinajstić information content (AvgIpc) is 2.25. The van der Waals surface area contributed by atoms with Crippen LogP contribution in [-0.2, 0) is 5.41 Å². The van der Waals surface area contributed by atoms with Gasteiger partial charge in [0, 0.05) is 17.5 Å². The molecule has 3 N–H and O–H groups in total. The number of rotatable bonds is 3. The van der Waals surface area contributed by atoms with Gasteiger partial charge in [-0.1, -0.05) is 13.0 Å². The Kier molecular flexibility index (Phi) is 3.36. The Hall–Kier alpha value is -1.07. The van der Waals surface area contributed by atoms with Crippen LogP contribution in [0.5, 0.6) is 0 Å². The molecule has 1 aromatic carbocycles. The van der Waals surface area contributed by atoms with Gasteiger partial charge in [-0.2, -0.15) is 0 Å². The maximum atomic E-state index is 13.4. The van der Waals surface area contributed by atoms with Crippen LogP contribution >= 0.6 is 0 Å². The van der Waals surface area contributed by atoms with Crippen LogP contribution in [0.4, 0.5) is 13.2 Å². The number of aliphatic hydroxyl groups excluding tert-OH is 1. The van der Waals surface area contributed by atoms with E-state index in [0.717, 1.165) is 12.1 Å². The summed E-state index contributed by atoms with van der Waals surface area (Å²) in [6, 6.07) is 1.91. The van der Waals surface area contributed by atoms with Gasteiger partial charge in [0.2, 0.25) is 0 Å². The fourth-order valence-electron chi connectivity index (χ4n) is 1.25. The first-order valence-corrected chi connectivity index (χ1v) is 4.41. The molecule has 0 aliphatic heterocycles. The highest BCUT2D eigenvalue weighted by molar-refractivity contribution is 5.28. The molecule has 5 heteroatoms. The largest absolute Gasteiger partial charge is 0.395 e. The third kappa shape index (κ3) is 1.98. The second-order valence-corrected chi connectivity index (χ2v) is 3.65. The number of benzene rings is 1. The minimum Gasteiger partial charge on any atom is -0.395 e. The third-order valence-corrected chi connectivity index (χ3v) is 2.48. The van der Waals surface area contributed by atoms with Crippen molar-refractivity contribution in [2.75, 3.05) is 13.2 Å². The number of halogens is 3. The molecule has 0 aliphatic rings. The van der Waals surface area contributed by atoms with Gasteiger partial charge in [0.15, 0.2) is 17.5 Å². The summed E-state index contributed by atoms with van der Waals surface area (Å²) in [6.45, 7) is 0.972. The SMILES string of the molecule is CC(CN)(CO)c1ccc(F)c(F)c1F. The van der Waals surface area contributed by atoms with Gasteiger partial charge in [-0.25, -0.2) is 13.2 Å². The van der Waals surface area contributed by atoms with Crippen molar-refractivity contribution in [3.8, 4) is 0 Å². The van der Waals surface area contributed by atoms with Crippen molar-refractivity contribution in [2.45, 2.75) is 12.3 Å². The van der Waals surface area contributed by atoms with Gasteiger partial charge in [-0.05, 0) is 6.07 Å². The zero-order chi connectivity index (χ0) is 11.6. The predicted molar refractivity (Wildman–Crippen MR) is 49.8 cm³/mol. The molecule has 1 atom stereocenters. The van der Waals surface area contributed by atoms with Crippen LogP contribution in [0.3, 0.4) is 0 Å². The van der Waals surface area contributed by atoms with Crippen LogP contribution in [0.1, 0.15) is 12.5 Å². The van der Waals surface area contributed by atoms with Gasteiger partial charge in [-0.15, -0.1) is 0 Å². The van der Waals surface area contributed by atoms with Crippen LogP contribution in [0.15, 0.2) is 12.1 Å². The molecular formula is C10H12F3NO. The predicted octanol–water partition coefficient (Wildman–Crippen LogP) is 1.31. The molecule has 15 heavy (non-hydrogen) atoms. The molecule has 1 rings (SSSR count). The molecule has 0 aliphatic carbocycles. The van der Waals surface area contributed by atoms with E-state index in [-0.39, 0.29) is 12.1 Å². The summed E-state index contributed by atoms with van der Waals surface area (Å²) in [6.07, 6.45) is 0. The smallest absolute Gasteiger partial charge is 0.194 e. The molecule has 0 saturated carbocycles. The highest BCUT2D eigenvalue weighted by atomic mass is 19.2. The second kappa shape index (κ2) is 4.20. The van der Waals surface area contributed by atoms with Gasteiger partial charge in [0.1, 0.15) is 0 Å². The number of aliphatic hydroxyl groups is 1. The summed E-state index contributed by atoms with van der Waals surface area (Å²) in [4.78, 5) is 0. The van der Waals surface area contributed by atoms with E-state index in [1.54, 1.807) is 0 Å². The lowest BCUT2D eigenvalue weighted by molar-refractivity contribution is 0.205. The van der Waals surface area contributed by atoms with Crippen molar-refractivity contribution < 1.29 is 18.3 Å². The monoisotopic (exact) mass is 219 g/mol. The maximum absolute atomic E-state index is 13.4. The molecule has 0 bridgehead atoms. The summed E-state index contributed by atoms with van der Waals surface area (Å²) >= 11 is 0. The molecule has 0 amide bonds. The minimum absolute atomic E-state index is 0.0640. The Bertz CT molecular complexity index is 364. The molecule has 84 valence electrons.